The van der Waals surface area contributed by atoms with Crippen molar-refractivity contribution in [2.75, 3.05) is 13.7 Å². The predicted molar refractivity (Wildman–Crippen MR) is 124 cm³/mol. The summed E-state index contributed by atoms with van der Waals surface area (Å²) < 4.78 is 12.8. The molecule has 0 N–H and O–H groups in total. The maximum Gasteiger partial charge on any atom is 0.338 e. The summed E-state index contributed by atoms with van der Waals surface area (Å²) in [4.78, 5) is 31.6. The number of methoxy groups -OCH3 is 1. The number of hydrogen-bond donors (Lipinski definition) is 0. The number of carbonyl (C=O) groups excluding carboxylic acids is 1. The molecule has 32 heavy (non-hydrogen) atoms. The Bertz CT molecular complexity index is 1380. The third-order valence-corrected chi connectivity index (χ3v) is 6.10. The Morgan fingerprint density at radius 2 is 1.91 bits per heavy atom. The van der Waals surface area contributed by atoms with Crippen LogP contribution in [0.1, 0.15) is 24.1 Å². The van der Waals surface area contributed by atoms with E-state index in [1.165, 1.54) is 17.4 Å². The van der Waals surface area contributed by atoms with Crippen molar-refractivity contribution in [2.45, 2.75) is 13.0 Å². The highest BCUT2D eigenvalue weighted by molar-refractivity contribution is 7.07. The molecule has 0 unspecified atom stereocenters. The summed E-state index contributed by atoms with van der Waals surface area (Å²) in [6, 6.07) is 16.3. The minimum absolute atomic E-state index is 0.0787. The van der Waals surface area contributed by atoms with E-state index < -0.39 is 12.0 Å². The van der Waals surface area contributed by atoms with E-state index in [0.717, 1.165) is 11.1 Å². The number of hydrogen-bond acceptors (Lipinski definition) is 6. The zero-order valence-electron chi connectivity index (χ0n) is 17.8. The summed E-state index contributed by atoms with van der Waals surface area (Å²) in [6.07, 6.45) is 3.30. The van der Waals surface area contributed by atoms with Crippen LogP contribution in [0.3, 0.4) is 0 Å². The van der Waals surface area contributed by atoms with Crippen LogP contribution in [0.4, 0.5) is 0 Å². The summed E-state index contributed by atoms with van der Waals surface area (Å²) in [5.74, 6) is 0.154. The molecular formula is C25H22N2O4S. The van der Waals surface area contributed by atoms with Gasteiger partial charge < -0.3 is 9.47 Å². The van der Waals surface area contributed by atoms with E-state index in [1.54, 1.807) is 24.7 Å². The normalized spacial score (nSPS) is 15.7. The van der Waals surface area contributed by atoms with E-state index in [-0.39, 0.29) is 12.2 Å². The van der Waals surface area contributed by atoms with Crippen molar-refractivity contribution in [1.29, 1.82) is 0 Å². The first-order chi connectivity index (χ1) is 15.5. The van der Waals surface area contributed by atoms with Gasteiger partial charge >= 0.3 is 5.97 Å². The van der Waals surface area contributed by atoms with Crippen LogP contribution in [0.5, 0.6) is 5.75 Å². The molecule has 0 radical (unpaired) electrons. The maximum atomic E-state index is 13.5. The zero-order valence-corrected chi connectivity index (χ0v) is 18.6. The average Bonchev–Trinajstić information content (AvgIpc) is 3.11. The van der Waals surface area contributed by atoms with Gasteiger partial charge in [-0.25, -0.2) is 9.79 Å². The summed E-state index contributed by atoms with van der Waals surface area (Å²) in [5, 5.41) is 0. The number of ether oxygens (including phenoxy) is 2. The molecule has 0 amide bonds. The first-order valence-corrected chi connectivity index (χ1v) is 10.9. The molecule has 0 saturated heterocycles. The first kappa shape index (κ1) is 21.5. The van der Waals surface area contributed by atoms with E-state index >= 15 is 0 Å². The molecule has 6 nitrogen and oxygen atoms in total. The van der Waals surface area contributed by atoms with Crippen LogP contribution in [0, 0.1) is 0 Å². The van der Waals surface area contributed by atoms with E-state index in [0.29, 0.717) is 26.4 Å². The SMILES string of the molecule is C=CCOC(=O)C1=C(C)N=c2s/c(=C\c3ccccc3OC)c(=O)n2[C@@H]1c1ccccc1. The topological polar surface area (TPSA) is 69.9 Å². The monoisotopic (exact) mass is 446 g/mol. The molecule has 162 valence electrons. The number of thiazole rings is 1. The Labute approximate surface area is 189 Å². The predicted octanol–water partition coefficient (Wildman–Crippen LogP) is 2.97. The zero-order chi connectivity index (χ0) is 22.7. The second kappa shape index (κ2) is 9.20. The fraction of sp³-hybridized carbons (Fsp3) is 0.160. The van der Waals surface area contributed by atoms with E-state index in [2.05, 4.69) is 11.6 Å². The van der Waals surface area contributed by atoms with Gasteiger partial charge in [-0.3, -0.25) is 9.36 Å². The van der Waals surface area contributed by atoms with E-state index in [9.17, 15) is 9.59 Å². The van der Waals surface area contributed by atoms with E-state index in [1.807, 2.05) is 54.6 Å². The van der Waals surface area contributed by atoms with Gasteiger partial charge in [0.25, 0.3) is 5.56 Å². The fourth-order valence-corrected chi connectivity index (χ4v) is 4.71. The van der Waals surface area contributed by atoms with Gasteiger partial charge in [-0.05, 0) is 24.6 Å². The van der Waals surface area contributed by atoms with Crippen molar-refractivity contribution >= 4 is 23.4 Å². The number of nitrogens with zero attached hydrogens (tertiary/aromatic N) is 2. The summed E-state index contributed by atoms with van der Waals surface area (Å²) in [6.45, 7) is 5.44. The lowest BCUT2D eigenvalue weighted by Gasteiger charge is -2.24. The minimum atomic E-state index is -0.635. The highest BCUT2D eigenvalue weighted by Gasteiger charge is 2.33. The van der Waals surface area contributed by atoms with Crippen molar-refractivity contribution < 1.29 is 14.3 Å². The second-order valence-electron chi connectivity index (χ2n) is 7.12. The van der Waals surface area contributed by atoms with Crippen LogP contribution in [-0.4, -0.2) is 24.3 Å². The molecule has 7 heteroatoms. The molecule has 3 aromatic rings. The summed E-state index contributed by atoms with van der Waals surface area (Å²) in [7, 11) is 1.59. The van der Waals surface area contributed by atoms with Crippen molar-refractivity contribution in [2.24, 2.45) is 4.99 Å². The van der Waals surface area contributed by atoms with Crippen LogP contribution in [-0.2, 0) is 9.53 Å². The molecule has 0 bridgehead atoms. The number of rotatable bonds is 6. The summed E-state index contributed by atoms with van der Waals surface area (Å²) >= 11 is 1.28. The highest BCUT2D eigenvalue weighted by Crippen LogP contribution is 2.30. The Morgan fingerprint density at radius 1 is 1.19 bits per heavy atom. The largest absolute Gasteiger partial charge is 0.496 e. The van der Waals surface area contributed by atoms with Crippen LogP contribution < -0.4 is 19.6 Å². The fourth-order valence-electron chi connectivity index (χ4n) is 3.67. The van der Waals surface area contributed by atoms with Gasteiger partial charge in [0.15, 0.2) is 4.80 Å². The van der Waals surface area contributed by atoms with Gasteiger partial charge in [0.2, 0.25) is 0 Å². The standard InChI is InChI=1S/C25H22N2O4S/c1-4-14-31-24(29)21-16(2)26-25-27(22(21)17-10-6-5-7-11-17)23(28)20(32-25)15-18-12-8-9-13-19(18)30-3/h4-13,15,22H,1,14H2,2-3H3/b20-15-/t22-/m1/s1. The third kappa shape index (κ3) is 3.94. The minimum Gasteiger partial charge on any atom is -0.496 e. The third-order valence-electron chi connectivity index (χ3n) is 5.11. The van der Waals surface area contributed by atoms with E-state index in [4.69, 9.17) is 9.47 Å². The van der Waals surface area contributed by atoms with Crippen LogP contribution in [0.2, 0.25) is 0 Å². The molecule has 1 aromatic heterocycles. The maximum absolute atomic E-state index is 13.5. The molecule has 1 atom stereocenters. The molecule has 4 rings (SSSR count). The molecule has 0 fully saturated rings. The Hall–Kier alpha value is -3.71. The summed E-state index contributed by atoms with van der Waals surface area (Å²) in [5.41, 5.74) is 2.23. The van der Waals surface area contributed by atoms with Gasteiger partial charge in [-0.1, -0.05) is 72.5 Å². The van der Waals surface area contributed by atoms with Gasteiger partial charge in [-0.15, -0.1) is 0 Å². The van der Waals surface area contributed by atoms with Crippen molar-refractivity contribution in [3.8, 4) is 5.75 Å². The molecule has 0 saturated carbocycles. The quantitative estimate of drug-likeness (QED) is 0.431. The number of aromatic nitrogens is 1. The van der Waals surface area contributed by atoms with Gasteiger partial charge in [0.1, 0.15) is 12.4 Å². The average molecular weight is 447 g/mol. The number of esters is 1. The lowest BCUT2D eigenvalue weighted by atomic mass is 9.96. The smallest absolute Gasteiger partial charge is 0.338 e. The Balaban J connectivity index is 1.94. The molecule has 0 spiro atoms. The van der Waals surface area contributed by atoms with Crippen LogP contribution in [0.15, 0.2) is 88.3 Å². The van der Waals surface area contributed by atoms with Crippen molar-refractivity contribution in [1.82, 2.24) is 4.57 Å². The molecule has 2 heterocycles. The highest BCUT2D eigenvalue weighted by atomic mass is 32.1. The Kier molecular flexibility index (Phi) is 6.18. The molecular weight excluding hydrogens is 424 g/mol. The lowest BCUT2D eigenvalue weighted by molar-refractivity contribution is -0.138. The second-order valence-corrected chi connectivity index (χ2v) is 8.13. The number of para-hydroxylation sites is 1. The van der Waals surface area contributed by atoms with Gasteiger partial charge in [-0.2, -0.15) is 0 Å². The number of benzene rings is 2. The van der Waals surface area contributed by atoms with Crippen LogP contribution >= 0.6 is 11.3 Å². The molecule has 1 aliphatic rings. The Morgan fingerprint density at radius 3 is 2.62 bits per heavy atom. The lowest BCUT2D eigenvalue weighted by Crippen LogP contribution is -2.39. The molecule has 1 aliphatic heterocycles. The van der Waals surface area contributed by atoms with Crippen molar-refractivity contribution in [3.05, 3.63) is 109 Å². The molecule has 0 aliphatic carbocycles. The van der Waals surface area contributed by atoms with Gasteiger partial charge in [0, 0.05) is 5.56 Å². The molecule has 2 aromatic carbocycles. The number of fused-ring (bicyclic) bond motifs is 1. The number of allylic oxidation sites excluding steroid dienone is 1. The van der Waals surface area contributed by atoms with Gasteiger partial charge in [0.05, 0.1) is 29.0 Å². The van der Waals surface area contributed by atoms with Crippen molar-refractivity contribution in [3.63, 3.8) is 0 Å². The first-order valence-electron chi connectivity index (χ1n) is 10.0. The van der Waals surface area contributed by atoms with Crippen LogP contribution in [0.25, 0.3) is 6.08 Å². The number of carbonyl (C=O) groups is 1.